The molecule has 2 aromatic carbocycles. The smallest absolute Gasteiger partial charge is 0.126 e. The lowest BCUT2D eigenvalue weighted by Gasteiger charge is -2.22. The van der Waals surface area contributed by atoms with E-state index in [1.807, 2.05) is 25.1 Å². The van der Waals surface area contributed by atoms with Gasteiger partial charge in [-0.1, -0.05) is 37.3 Å². The van der Waals surface area contributed by atoms with Crippen molar-refractivity contribution in [1.29, 1.82) is 0 Å². The molecule has 0 aliphatic heterocycles. The van der Waals surface area contributed by atoms with E-state index < -0.39 is 0 Å². The molecule has 2 rings (SSSR count). The molecule has 0 spiro atoms. The summed E-state index contributed by atoms with van der Waals surface area (Å²) in [5.41, 5.74) is 3.03. The van der Waals surface area contributed by atoms with Crippen LogP contribution < -0.4 is 5.32 Å². The average Bonchev–Trinajstić information content (AvgIpc) is 2.48. The van der Waals surface area contributed by atoms with Crippen LogP contribution in [0.15, 0.2) is 47.4 Å². The largest absolute Gasteiger partial charge is 0.306 e. The maximum Gasteiger partial charge on any atom is 0.126 e. The van der Waals surface area contributed by atoms with E-state index in [1.165, 1.54) is 10.5 Å². The van der Waals surface area contributed by atoms with Gasteiger partial charge < -0.3 is 5.32 Å². The van der Waals surface area contributed by atoms with Crippen molar-refractivity contribution in [1.82, 2.24) is 5.32 Å². The van der Waals surface area contributed by atoms with Gasteiger partial charge in [0.15, 0.2) is 0 Å². The minimum atomic E-state index is -0.151. The van der Waals surface area contributed by atoms with Crippen LogP contribution in [0.1, 0.15) is 29.7 Å². The van der Waals surface area contributed by atoms with Gasteiger partial charge in [-0.2, -0.15) is 0 Å². The monoisotopic (exact) mass is 289 g/mol. The van der Waals surface area contributed by atoms with E-state index in [2.05, 4.69) is 36.7 Å². The first-order valence-corrected chi connectivity index (χ1v) is 8.02. The molecule has 2 aromatic rings. The molecule has 1 atom stereocenters. The van der Waals surface area contributed by atoms with Crippen molar-refractivity contribution in [3.05, 3.63) is 65.0 Å². The molecule has 0 saturated carbocycles. The molecule has 1 unspecified atom stereocenters. The summed E-state index contributed by atoms with van der Waals surface area (Å²) < 4.78 is 13.5. The van der Waals surface area contributed by atoms with Crippen molar-refractivity contribution in [2.45, 2.75) is 24.8 Å². The Balaban J connectivity index is 2.47. The Labute approximate surface area is 124 Å². The number of hydrogen-bond donors (Lipinski definition) is 1. The van der Waals surface area contributed by atoms with E-state index >= 15 is 0 Å². The molecule has 0 aromatic heterocycles. The van der Waals surface area contributed by atoms with Crippen LogP contribution in [0.4, 0.5) is 4.39 Å². The molecule has 0 saturated heterocycles. The van der Waals surface area contributed by atoms with Crippen molar-refractivity contribution in [2.75, 3.05) is 12.8 Å². The molecule has 0 heterocycles. The third-order valence-electron chi connectivity index (χ3n) is 3.37. The number of nitrogens with one attached hydrogen (secondary N) is 1. The fourth-order valence-corrected chi connectivity index (χ4v) is 3.00. The van der Waals surface area contributed by atoms with E-state index in [0.29, 0.717) is 5.56 Å². The summed E-state index contributed by atoms with van der Waals surface area (Å²) in [6.45, 7) is 4.76. The lowest BCUT2D eigenvalue weighted by Crippen LogP contribution is -2.22. The van der Waals surface area contributed by atoms with E-state index in [4.69, 9.17) is 0 Å². The minimum absolute atomic E-state index is 0.1000. The summed E-state index contributed by atoms with van der Waals surface area (Å²) in [7, 11) is 0. The Morgan fingerprint density at radius 3 is 2.60 bits per heavy atom. The second kappa shape index (κ2) is 6.91. The summed E-state index contributed by atoms with van der Waals surface area (Å²) in [5.74, 6) is -0.151. The Hall–Kier alpha value is -1.32. The normalized spacial score (nSPS) is 12.4. The van der Waals surface area contributed by atoms with Crippen LogP contribution in [-0.4, -0.2) is 12.8 Å². The lowest BCUT2D eigenvalue weighted by molar-refractivity contribution is 0.603. The Morgan fingerprint density at radius 2 is 1.95 bits per heavy atom. The molecule has 1 N–H and O–H groups in total. The van der Waals surface area contributed by atoms with Gasteiger partial charge in [-0.05, 0) is 48.5 Å². The van der Waals surface area contributed by atoms with Crippen LogP contribution in [0.5, 0.6) is 0 Å². The standard InChI is InChI=1S/C17H20FNS/c1-4-19-17(13-9-10-15(18)12(2)11-13)14-7-5-6-8-16(14)20-3/h5-11,17,19H,4H2,1-3H3. The molecular weight excluding hydrogens is 269 g/mol. The zero-order valence-electron chi connectivity index (χ0n) is 12.1. The van der Waals surface area contributed by atoms with E-state index in [1.54, 1.807) is 17.8 Å². The summed E-state index contributed by atoms with van der Waals surface area (Å²) in [6.07, 6.45) is 2.08. The van der Waals surface area contributed by atoms with Gasteiger partial charge in [0.05, 0.1) is 6.04 Å². The van der Waals surface area contributed by atoms with Crippen LogP contribution in [0, 0.1) is 12.7 Å². The molecule has 0 fully saturated rings. The van der Waals surface area contributed by atoms with Crippen molar-refractivity contribution in [3.63, 3.8) is 0 Å². The minimum Gasteiger partial charge on any atom is -0.306 e. The van der Waals surface area contributed by atoms with Crippen LogP contribution in [0.2, 0.25) is 0 Å². The predicted octanol–water partition coefficient (Wildman–Crippen LogP) is 4.55. The highest BCUT2D eigenvalue weighted by molar-refractivity contribution is 7.98. The first-order valence-electron chi connectivity index (χ1n) is 6.79. The van der Waals surface area contributed by atoms with Gasteiger partial charge in [0, 0.05) is 4.90 Å². The topological polar surface area (TPSA) is 12.0 Å². The second-order valence-corrected chi connectivity index (χ2v) is 5.59. The Kier molecular flexibility index (Phi) is 5.21. The van der Waals surface area contributed by atoms with E-state index in [9.17, 15) is 4.39 Å². The van der Waals surface area contributed by atoms with Gasteiger partial charge in [-0.25, -0.2) is 4.39 Å². The average molecular weight is 289 g/mol. The lowest BCUT2D eigenvalue weighted by atomic mass is 9.97. The third kappa shape index (κ3) is 3.22. The molecule has 0 bridgehead atoms. The molecular formula is C17H20FNS. The van der Waals surface area contributed by atoms with Crippen molar-refractivity contribution in [2.24, 2.45) is 0 Å². The third-order valence-corrected chi connectivity index (χ3v) is 4.19. The van der Waals surface area contributed by atoms with Gasteiger partial charge in [0.25, 0.3) is 0 Å². The Morgan fingerprint density at radius 1 is 1.20 bits per heavy atom. The van der Waals surface area contributed by atoms with Crippen molar-refractivity contribution < 1.29 is 4.39 Å². The fourth-order valence-electron chi connectivity index (χ4n) is 2.36. The number of rotatable bonds is 5. The number of thioether (sulfide) groups is 1. The van der Waals surface area contributed by atoms with Crippen molar-refractivity contribution in [3.8, 4) is 0 Å². The van der Waals surface area contributed by atoms with Gasteiger partial charge >= 0.3 is 0 Å². The first-order chi connectivity index (χ1) is 9.67. The SMILES string of the molecule is CCNC(c1ccc(F)c(C)c1)c1ccccc1SC. The van der Waals surface area contributed by atoms with Gasteiger partial charge in [0.1, 0.15) is 5.82 Å². The molecule has 1 nitrogen and oxygen atoms in total. The van der Waals surface area contributed by atoms with Gasteiger partial charge in [-0.15, -0.1) is 11.8 Å². The Bertz CT molecular complexity index is 583. The number of halogens is 1. The predicted molar refractivity (Wildman–Crippen MR) is 84.9 cm³/mol. The van der Waals surface area contributed by atoms with Crippen LogP contribution in [0.3, 0.4) is 0 Å². The van der Waals surface area contributed by atoms with E-state index in [-0.39, 0.29) is 11.9 Å². The number of hydrogen-bond acceptors (Lipinski definition) is 2. The molecule has 0 radical (unpaired) electrons. The van der Waals surface area contributed by atoms with Gasteiger partial charge in [-0.3, -0.25) is 0 Å². The molecule has 0 aliphatic carbocycles. The van der Waals surface area contributed by atoms with Gasteiger partial charge in [0.2, 0.25) is 0 Å². The van der Waals surface area contributed by atoms with Crippen LogP contribution in [0.25, 0.3) is 0 Å². The van der Waals surface area contributed by atoms with Crippen LogP contribution >= 0.6 is 11.8 Å². The highest BCUT2D eigenvalue weighted by atomic mass is 32.2. The maximum absolute atomic E-state index is 13.5. The maximum atomic E-state index is 13.5. The highest BCUT2D eigenvalue weighted by Gasteiger charge is 2.16. The molecule has 20 heavy (non-hydrogen) atoms. The highest BCUT2D eigenvalue weighted by Crippen LogP contribution is 2.30. The summed E-state index contributed by atoms with van der Waals surface area (Å²) in [5, 5.41) is 3.50. The fraction of sp³-hybridized carbons (Fsp3) is 0.294. The molecule has 0 amide bonds. The number of aryl methyl sites for hydroxylation is 1. The molecule has 3 heteroatoms. The summed E-state index contributed by atoms with van der Waals surface area (Å²) in [6, 6.07) is 13.8. The quantitative estimate of drug-likeness (QED) is 0.810. The van der Waals surface area contributed by atoms with Crippen LogP contribution in [-0.2, 0) is 0 Å². The molecule has 0 aliphatic rings. The zero-order chi connectivity index (χ0) is 14.5. The van der Waals surface area contributed by atoms with Crippen molar-refractivity contribution >= 4 is 11.8 Å². The summed E-state index contributed by atoms with van der Waals surface area (Å²) in [4.78, 5) is 1.25. The molecule has 106 valence electrons. The first kappa shape index (κ1) is 15.1. The number of benzene rings is 2. The summed E-state index contributed by atoms with van der Waals surface area (Å²) >= 11 is 1.74. The second-order valence-electron chi connectivity index (χ2n) is 4.74. The zero-order valence-corrected chi connectivity index (χ0v) is 12.9. The van der Waals surface area contributed by atoms with E-state index in [0.717, 1.165) is 12.1 Å².